The fourth-order valence-electron chi connectivity index (χ4n) is 0.912. The Labute approximate surface area is 92.5 Å². The lowest BCUT2D eigenvalue weighted by atomic mass is 10.1. The highest BCUT2D eigenvalue weighted by molar-refractivity contribution is 14.1. The first kappa shape index (κ1) is 11.3. The van der Waals surface area contributed by atoms with Gasteiger partial charge in [0, 0.05) is 0 Å². The van der Waals surface area contributed by atoms with Gasteiger partial charge in [-0.15, -0.1) is 0 Å². The zero-order valence-corrected chi connectivity index (χ0v) is 8.99. The van der Waals surface area contributed by atoms with Crippen molar-refractivity contribution < 1.29 is 13.9 Å². The van der Waals surface area contributed by atoms with Gasteiger partial charge in [-0.25, -0.2) is 13.8 Å². The van der Waals surface area contributed by atoms with Gasteiger partial charge >= 0.3 is 0 Å². The van der Waals surface area contributed by atoms with Gasteiger partial charge in [0.2, 0.25) is 0 Å². The van der Waals surface area contributed by atoms with Gasteiger partial charge in [0.05, 0.1) is 23.4 Å². The quantitative estimate of drug-likeness (QED) is 0.671. The van der Waals surface area contributed by atoms with Crippen LogP contribution in [0.3, 0.4) is 0 Å². The van der Waals surface area contributed by atoms with Crippen LogP contribution in [0.4, 0.5) is 8.78 Å². The van der Waals surface area contributed by atoms with E-state index in [0.717, 1.165) is 6.07 Å². The lowest BCUT2D eigenvalue weighted by molar-refractivity contribution is 0.149. The molecule has 0 aliphatic carbocycles. The van der Waals surface area contributed by atoms with E-state index in [1.807, 2.05) is 0 Å². The maximum Gasteiger partial charge on any atom is 0.266 e. The van der Waals surface area contributed by atoms with Crippen molar-refractivity contribution in [3.05, 3.63) is 26.6 Å². The summed E-state index contributed by atoms with van der Waals surface area (Å²) in [6, 6.07) is 2.77. The molecule has 0 bridgehead atoms. The van der Waals surface area contributed by atoms with Crippen LogP contribution < -0.4 is 0 Å². The van der Waals surface area contributed by atoms with Crippen molar-refractivity contribution in [1.82, 2.24) is 4.98 Å². The largest absolute Gasteiger partial charge is 0.390 e. The van der Waals surface area contributed by atoms with Crippen LogP contribution in [0.15, 0.2) is 6.07 Å². The first-order valence-electron chi connectivity index (χ1n) is 3.58. The molecule has 0 unspecified atom stereocenters. The monoisotopic (exact) mass is 310 g/mol. The fraction of sp³-hybridized carbons (Fsp3) is 0.250. The van der Waals surface area contributed by atoms with Crippen molar-refractivity contribution in [3.63, 3.8) is 0 Å². The van der Waals surface area contributed by atoms with Crippen molar-refractivity contribution in [2.75, 3.05) is 0 Å². The third-order valence-corrected chi connectivity index (χ3v) is 2.45. The Morgan fingerprint density at radius 3 is 2.71 bits per heavy atom. The average Bonchev–Trinajstić information content (AvgIpc) is 2.16. The molecule has 1 heterocycles. The van der Waals surface area contributed by atoms with Crippen LogP contribution >= 0.6 is 22.6 Å². The lowest BCUT2D eigenvalue weighted by Gasteiger charge is -2.05. The van der Waals surface area contributed by atoms with Crippen LogP contribution in [0.1, 0.15) is 23.2 Å². The molecule has 0 saturated heterocycles. The molecular formula is C8H5F2IN2O. The van der Waals surface area contributed by atoms with Gasteiger partial charge in [-0.3, -0.25) is 0 Å². The number of hydrogen-bond donors (Lipinski definition) is 1. The number of rotatable bonds is 2. The summed E-state index contributed by atoms with van der Waals surface area (Å²) in [7, 11) is 0. The zero-order chi connectivity index (χ0) is 10.7. The molecule has 0 fully saturated rings. The van der Waals surface area contributed by atoms with E-state index in [1.54, 1.807) is 28.7 Å². The molecule has 0 aliphatic rings. The number of aromatic nitrogens is 1. The van der Waals surface area contributed by atoms with Crippen molar-refractivity contribution in [2.45, 2.75) is 13.0 Å². The Morgan fingerprint density at radius 1 is 1.64 bits per heavy atom. The molecule has 3 nitrogen and oxygen atoms in total. The van der Waals surface area contributed by atoms with E-state index in [4.69, 9.17) is 10.4 Å². The number of hydrogen-bond acceptors (Lipinski definition) is 3. The highest BCUT2D eigenvalue weighted by atomic mass is 127. The van der Waals surface area contributed by atoms with Crippen LogP contribution in [0, 0.1) is 15.0 Å². The van der Waals surface area contributed by atoms with Crippen LogP contribution in [0.2, 0.25) is 0 Å². The van der Waals surface area contributed by atoms with E-state index < -0.39 is 13.0 Å². The molecule has 0 atom stereocenters. The number of alkyl halides is 2. The molecule has 1 aromatic heterocycles. The van der Waals surface area contributed by atoms with Gasteiger partial charge in [-0.1, -0.05) is 0 Å². The van der Waals surface area contributed by atoms with Crippen molar-refractivity contribution in [1.29, 1.82) is 5.26 Å². The van der Waals surface area contributed by atoms with E-state index in [9.17, 15) is 8.78 Å². The molecule has 0 amide bonds. The van der Waals surface area contributed by atoms with Gasteiger partial charge in [-0.05, 0) is 28.7 Å². The number of aliphatic hydroxyl groups excluding tert-OH is 1. The second kappa shape index (κ2) is 4.61. The molecule has 1 aromatic rings. The van der Waals surface area contributed by atoms with Crippen molar-refractivity contribution >= 4 is 22.6 Å². The van der Waals surface area contributed by atoms with E-state index in [-0.39, 0.29) is 20.5 Å². The average molecular weight is 310 g/mol. The van der Waals surface area contributed by atoms with Gasteiger partial charge < -0.3 is 5.11 Å². The smallest absolute Gasteiger partial charge is 0.266 e. The third kappa shape index (κ3) is 2.16. The summed E-state index contributed by atoms with van der Waals surface area (Å²) in [5, 5.41) is 17.4. The van der Waals surface area contributed by atoms with E-state index in [2.05, 4.69) is 4.98 Å². The molecule has 74 valence electrons. The zero-order valence-electron chi connectivity index (χ0n) is 6.84. The van der Waals surface area contributed by atoms with Gasteiger partial charge in [0.1, 0.15) is 9.77 Å². The molecule has 0 spiro atoms. The minimum absolute atomic E-state index is 0.0109. The van der Waals surface area contributed by atoms with Crippen LogP contribution in [0.5, 0.6) is 0 Å². The van der Waals surface area contributed by atoms with Crippen LogP contribution in [0.25, 0.3) is 0 Å². The predicted molar refractivity (Wildman–Crippen MR) is 52.5 cm³/mol. The molecule has 1 rings (SSSR count). The number of aliphatic hydroxyl groups is 1. The standard InChI is InChI=1S/C8H5F2IN2O/c9-7(10)5-1-4(2-12)6(3-14)13-8(5)11/h1,7,14H,3H2. The summed E-state index contributed by atoms with van der Waals surface area (Å²) in [6.07, 6.45) is -2.66. The highest BCUT2D eigenvalue weighted by Crippen LogP contribution is 2.25. The number of halogens is 3. The summed E-state index contributed by atoms with van der Waals surface area (Å²) in [6.45, 7) is -0.428. The van der Waals surface area contributed by atoms with Crippen molar-refractivity contribution in [3.8, 4) is 6.07 Å². The Balaban J connectivity index is 3.32. The van der Waals surface area contributed by atoms with E-state index >= 15 is 0 Å². The Morgan fingerprint density at radius 2 is 2.29 bits per heavy atom. The predicted octanol–water partition coefficient (Wildman–Crippen LogP) is 1.99. The molecular weight excluding hydrogens is 305 g/mol. The molecule has 14 heavy (non-hydrogen) atoms. The van der Waals surface area contributed by atoms with Gasteiger partial charge in [0.15, 0.2) is 0 Å². The van der Waals surface area contributed by atoms with Gasteiger partial charge in [0.25, 0.3) is 6.43 Å². The second-order valence-electron chi connectivity index (χ2n) is 2.43. The fourth-order valence-corrected chi connectivity index (χ4v) is 1.59. The first-order valence-corrected chi connectivity index (χ1v) is 4.66. The van der Waals surface area contributed by atoms with Gasteiger partial charge in [-0.2, -0.15) is 5.26 Å². The number of nitrogens with zero attached hydrogens (tertiary/aromatic N) is 2. The molecule has 6 heteroatoms. The van der Waals surface area contributed by atoms with Crippen LogP contribution in [-0.2, 0) is 6.61 Å². The summed E-state index contributed by atoms with van der Waals surface area (Å²) in [4.78, 5) is 3.72. The maximum absolute atomic E-state index is 12.4. The second-order valence-corrected chi connectivity index (χ2v) is 3.46. The molecule has 0 radical (unpaired) electrons. The van der Waals surface area contributed by atoms with E-state index in [0.29, 0.717) is 0 Å². The first-order chi connectivity index (χ1) is 6.60. The maximum atomic E-state index is 12.4. The molecule has 0 saturated carbocycles. The lowest BCUT2D eigenvalue weighted by Crippen LogP contribution is -2.01. The molecule has 0 aromatic carbocycles. The normalized spacial score (nSPS) is 10.3. The van der Waals surface area contributed by atoms with E-state index in [1.165, 1.54) is 0 Å². The van der Waals surface area contributed by atoms with Crippen molar-refractivity contribution in [2.24, 2.45) is 0 Å². The topological polar surface area (TPSA) is 56.9 Å². The summed E-state index contributed by atoms with van der Waals surface area (Å²) >= 11 is 1.65. The SMILES string of the molecule is N#Cc1cc(C(F)F)c(I)nc1CO. The molecule has 1 N–H and O–H groups in total. The Bertz CT molecular complexity index is 390. The number of pyridine rings is 1. The highest BCUT2D eigenvalue weighted by Gasteiger charge is 2.16. The Kier molecular flexibility index (Phi) is 3.71. The minimum Gasteiger partial charge on any atom is -0.390 e. The summed E-state index contributed by atoms with van der Waals surface area (Å²) in [5.41, 5.74) is -0.163. The summed E-state index contributed by atoms with van der Waals surface area (Å²) < 4.78 is 24.8. The Hall–Kier alpha value is -0.810. The number of nitriles is 1. The summed E-state index contributed by atoms with van der Waals surface area (Å²) in [5.74, 6) is 0. The van der Waals surface area contributed by atoms with Crippen LogP contribution in [-0.4, -0.2) is 10.1 Å². The molecule has 0 aliphatic heterocycles. The minimum atomic E-state index is -2.66. The third-order valence-electron chi connectivity index (χ3n) is 1.59.